The molecule has 0 amide bonds. The van der Waals surface area contributed by atoms with E-state index in [1.165, 1.54) is 22.2 Å². The number of benzene rings is 2. The van der Waals surface area contributed by atoms with Crippen LogP contribution >= 0.6 is 22.9 Å². The summed E-state index contributed by atoms with van der Waals surface area (Å²) in [6.07, 6.45) is 1.52. The van der Waals surface area contributed by atoms with Gasteiger partial charge in [-0.2, -0.15) is 0 Å². The monoisotopic (exact) mass is 395 g/mol. The normalized spacial score (nSPS) is 11.3. The molecule has 0 saturated heterocycles. The van der Waals surface area contributed by atoms with Gasteiger partial charge < -0.3 is 0 Å². The molecule has 0 radical (unpaired) electrons. The number of H-pyrrole nitrogens is 1. The van der Waals surface area contributed by atoms with Gasteiger partial charge in [-0.25, -0.2) is 9.67 Å². The number of nitrogens with zero attached hydrogens (tertiary/aromatic N) is 4. The van der Waals surface area contributed by atoms with Crippen LogP contribution in [0.4, 0.5) is 5.13 Å². The summed E-state index contributed by atoms with van der Waals surface area (Å²) in [5, 5.41) is 13.1. The molecule has 2 aromatic carbocycles. The van der Waals surface area contributed by atoms with Gasteiger partial charge in [-0.05, 0) is 25.1 Å². The van der Waals surface area contributed by atoms with Crippen molar-refractivity contribution in [2.24, 2.45) is 4.99 Å². The lowest BCUT2D eigenvalue weighted by atomic mass is 10.2. The van der Waals surface area contributed by atoms with E-state index >= 15 is 0 Å². The van der Waals surface area contributed by atoms with Gasteiger partial charge in [0.15, 0.2) is 0 Å². The van der Waals surface area contributed by atoms with E-state index in [9.17, 15) is 4.79 Å². The van der Waals surface area contributed by atoms with Gasteiger partial charge in [-0.15, -0.1) is 10.2 Å². The van der Waals surface area contributed by atoms with Crippen molar-refractivity contribution in [3.63, 3.8) is 0 Å². The van der Waals surface area contributed by atoms with E-state index in [0.717, 1.165) is 10.6 Å². The van der Waals surface area contributed by atoms with Crippen molar-refractivity contribution >= 4 is 34.3 Å². The third-order valence-corrected chi connectivity index (χ3v) is 5.04. The van der Waals surface area contributed by atoms with Crippen molar-refractivity contribution in [3.05, 3.63) is 81.2 Å². The van der Waals surface area contributed by atoms with Gasteiger partial charge in [-0.1, -0.05) is 59.3 Å². The molecular weight excluding hydrogens is 382 g/mol. The number of aromatic nitrogens is 4. The van der Waals surface area contributed by atoms with Crippen LogP contribution in [0.15, 0.2) is 64.4 Å². The van der Waals surface area contributed by atoms with Crippen molar-refractivity contribution in [1.82, 2.24) is 20.0 Å². The number of rotatable bonds is 4. The SMILES string of the molecule is Cc1[nH]n(-c2cccc(Cl)c2)c(=O)c1/C=N/c1nnc(-c2ccccc2)s1. The third kappa shape index (κ3) is 3.60. The van der Waals surface area contributed by atoms with Gasteiger partial charge in [0.05, 0.1) is 11.3 Å². The third-order valence-electron chi connectivity index (χ3n) is 3.92. The summed E-state index contributed by atoms with van der Waals surface area (Å²) in [6, 6.07) is 16.8. The maximum atomic E-state index is 12.7. The van der Waals surface area contributed by atoms with Crippen molar-refractivity contribution in [3.8, 4) is 16.3 Å². The number of hydrogen-bond acceptors (Lipinski definition) is 5. The molecule has 0 saturated carbocycles. The first-order valence-electron chi connectivity index (χ1n) is 8.12. The first-order valence-corrected chi connectivity index (χ1v) is 9.32. The predicted molar refractivity (Wildman–Crippen MR) is 109 cm³/mol. The van der Waals surface area contributed by atoms with Crippen LogP contribution < -0.4 is 5.56 Å². The highest BCUT2D eigenvalue weighted by Gasteiger charge is 2.11. The van der Waals surface area contributed by atoms with Crippen LogP contribution in [0.3, 0.4) is 0 Å². The first-order chi connectivity index (χ1) is 13.1. The highest BCUT2D eigenvalue weighted by atomic mass is 35.5. The summed E-state index contributed by atoms with van der Waals surface area (Å²) in [6.45, 7) is 1.82. The van der Waals surface area contributed by atoms with Crippen molar-refractivity contribution in [1.29, 1.82) is 0 Å². The smallest absolute Gasteiger partial charge is 0.280 e. The molecule has 0 aliphatic rings. The number of aliphatic imine (C=N–C) groups is 1. The second-order valence-corrected chi connectivity index (χ2v) is 7.18. The molecule has 0 unspecified atom stereocenters. The Hall–Kier alpha value is -3.03. The maximum Gasteiger partial charge on any atom is 0.280 e. The van der Waals surface area contributed by atoms with E-state index in [0.29, 0.717) is 27.1 Å². The summed E-state index contributed by atoms with van der Waals surface area (Å²) < 4.78 is 1.44. The molecule has 134 valence electrons. The number of aromatic amines is 1. The lowest BCUT2D eigenvalue weighted by Gasteiger charge is -2.01. The second kappa shape index (κ2) is 7.30. The number of hydrogen-bond donors (Lipinski definition) is 1. The Morgan fingerprint density at radius 3 is 2.74 bits per heavy atom. The van der Waals surface area contributed by atoms with E-state index in [-0.39, 0.29) is 5.56 Å². The lowest BCUT2D eigenvalue weighted by molar-refractivity contribution is 0.835. The van der Waals surface area contributed by atoms with Gasteiger partial charge >= 0.3 is 0 Å². The summed E-state index contributed by atoms with van der Waals surface area (Å²) in [4.78, 5) is 17.0. The Kier molecular flexibility index (Phi) is 4.70. The van der Waals surface area contributed by atoms with Crippen LogP contribution in [0.1, 0.15) is 11.3 Å². The molecule has 0 spiro atoms. The molecule has 0 aliphatic heterocycles. The Balaban J connectivity index is 1.64. The minimum atomic E-state index is -0.202. The predicted octanol–water partition coefficient (Wildman–Crippen LogP) is 4.40. The fraction of sp³-hybridized carbons (Fsp3) is 0.0526. The molecular formula is C19H14ClN5OS. The summed E-state index contributed by atoms with van der Waals surface area (Å²) >= 11 is 7.38. The largest absolute Gasteiger partial charge is 0.295 e. The van der Waals surface area contributed by atoms with Crippen molar-refractivity contribution in [2.75, 3.05) is 0 Å². The zero-order valence-electron chi connectivity index (χ0n) is 14.3. The molecule has 27 heavy (non-hydrogen) atoms. The molecule has 0 bridgehead atoms. The average molecular weight is 396 g/mol. The molecule has 8 heteroatoms. The number of nitrogens with one attached hydrogen (secondary N) is 1. The van der Waals surface area contributed by atoms with Crippen LogP contribution in [0.5, 0.6) is 0 Å². The van der Waals surface area contributed by atoms with Crippen molar-refractivity contribution < 1.29 is 0 Å². The van der Waals surface area contributed by atoms with Gasteiger partial charge in [0, 0.05) is 22.5 Å². The standard InChI is InChI=1S/C19H14ClN5OS/c1-12-16(18(26)25(24-12)15-9-5-8-14(20)10-15)11-21-19-23-22-17(27-19)13-6-3-2-4-7-13/h2-11,24H,1H3/b21-11+. The fourth-order valence-electron chi connectivity index (χ4n) is 2.59. The van der Waals surface area contributed by atoms with Gasteiger partial charge in [0.2, 0.25) is 5.13 Å². The van der Waals surface area contributed by atoms with Crippen LogP contribution in [0, 0.1) is 6.92 Å². The molecule has 4 rings (SSSR count). The fourth-order valence-corrected chi connectivity index (χ4v) is 3.47. The average Bonchev–Trinajstić information content (AvgIpc) is 3.26. The molecule has 2 heterocycles. The maximum absolute atomic E-state index is 12.7. The van der Waals surface area contributed by atoms with E-state index in [4.69, 9.17) is 11.6 Å². The number of halogens is 1. The van der Waals surface area contributed by atoms with Crippen LogP contribution in [0.2, 0.25) is 5.02 Å². The highest BCUT2D eigenvalue weighted by Crippen LogP contribution is 2.27. The van der Waals surface area contributed by atoms with Crippen molar-refractivity contribution in [2.45, 2.75) is 6.92 Å². The quantitative estimate of drug-likeness (QED) is 0.520. The second-order valence-electron chi connectivity index (χ2n) is 5.78. The van der Waals surface area contributed by atoms with E-state index in [1.54, 1.807) is 24.3 Å². The van der Waals surface area contributed by atoms with Crippen LogP contribution in [0.25, 0.3) is 16.3 Å². The summed E-state index contributed by atoms with van der Waals surface area (Å²) in [5.74, 6) is 0. The Morgan fingerprint density at radius 1 is 1.15 bits per heavy atom. The topological polar surface area (TPSA) is 75.9 Å². The molecule has 0 fully saturated rings. The van der Waals surface area contributed by atoms with E-state index in [1.807, 2.05) is 37.3 Å². The first kappa shape index (κ1) is 17.4. The molecule has 0 atom stereocenters. The molecule has 0 aliphatic carbocycles. The van der Waals surface area contributed by atoms with Crippen LogP contribution in [-0.4, -0.2) is 26.2 Å². The Morgan fingerprint density at radius 2 is 1.96 bits per heavy atom. The summed E-state index contributed by atoms with van der Waals surface area (Å²) in [5.41, 5.74) is 2.62. The molecule has 2 aromatic heterocycles. The molecule has 4 aromatic rings. The van der Waals surface area contributed by atoms with Gasteiger partial charge in [0.25, 0.3) is 5.56 Å². The van der Waals surface area contributed by atoms with Gasteiger partial charge in [0.1, 0.15) is 5.01 Å². The molecule has 6 nitrogen and oxygen atoms in total. The van der Waals surface area contributed by atoms with Gasteiger partial charge in [-0.3, -0.25) is 9.89 Å². The van der Waals surface area contributed by atoms with E-state index in [2.05, 4.69) is 20.3 Å². The molecule has 1 N–H and O–H groups in total. The number of aryl methyl sites for hydroxylation is 1. The summed E-state index contributed by atoms with van der Waals surface area (Å²) in [7, 11) is 0. The lowest BCUT2D eigenvalue weighted by Crippen LogP contribution is -2.17. The Labute approximate surface area is 163 Å². The van der Waals surface area contributed by atoms with Crippen LogP contribution in [-0.2, 0) is 0 Å². The minimum Gasteiger partial charge on any atom is -0.295 e. The van der Waals surface area contributed by atoms with E-state index < -0.39 is 0 Å². The minimum absolute atomic E-state index is 0.202. The highest BCUT2D eigenvalue weighted by molar-refractivity contribution is 7.18. The zero-order valence-corrected chi connectivity index (χ0v) is 15.8. The Bertz CT molecular complexity index is 1180. The zero-order chi connectivity index (χ0) is 18.8.